The van der Waals surface area contributed by atoms with Gasteiger partial charge in [-0.15, -0.1) is 0 Å². The van der Waals surface area contributed by atoms with E-state index in [4.69, 9.17) is 5.11 Å². The minimum Gasteiger partial charge on any atom is -0.396 e. The molecule has 0 bridgehead atoms. The summed E-state index contributed by atoms with van der Waals surface area (Å²) in [7, 11) is 0. The van der Waals surface area contributed by atoms with Gasteiger partial charge in [0.15, 0.2) is 0 Å². The first-order valence-electron chi connectivity index (χ1n) is 4.52. The molecule has 0 aromatic carbocycles. The Bertz CT molecular complexity index is 132. The van der Waals surface area contributed by atoms with Crippen LogP contribution in [-0.4, -0.2) is 22.9 Å². The van der Waals surface area contributed by atoms with Crippen molar-refractivity contribution in [1.82, 2.24) is 0 Å². The molecule has 0 aliphatic carbocycles. The summed E-state index contributed by atoms with van der Waals surface area (Å²) < 4.78 is 0. The van der Waals surface area contributed by atoms with Crippen molar-refractivity contribution in [2.75, 3.05) is 6.61 Å². The highest BCUT2D eigenvalue weighted by Crippen LogP contribution is 2.14. The summed E-state index contributed by atoms with van der Waals surface area (Å²) in [5.74, 6) is 0.490. The third-order valence-electron chi connectivity index (χ3n) is 2.12. The van der Waals surface area contributed by atoms with Crippen molar-refractivity contribution >= 4 is 0 Å². The molecule has 0 heterocycles. The van der Waals surface area contributed by atoms with Gasteiger partial charge in [0.2, 0.25) is 0 Å². The van der Waals surface area contributed by atoms with Gasteiger partial charge in [-0.3, -0.25) is 0 Å². The first-order valence-corrected chi connectivity index (χ1v) is 4.52. The lowest BCUT2D eigenvalue weighted by Crippen LogP contribution is -2.09. The summed E-state index contributed by atoms with van der Waals surface area (Å²) in [6.45, 7) is 7.84. The van der Waals surface area contributed by atoms with Gasteiger partial charge in [0.05, 0.1) is 6.10 Å². The van der Waals surface area contributed by atoms with E-state index >= 15 is 0 Å². The van der Waals surface area contributed by atoms with Crippen LogP contribution in [0.3, 0.4) is 0 Å². The van der Waals surface area contributed by atoms with Gasteiger partial charge < -0.3 is 10.2 Å². The van der Waals surface area contributed by atoms with E-state index in [1.807, 2.05) is 6.92 Å². The molecule has 0 aromatic heterocycles. The number of aliphatic hydroxyl groups is 2. The molecule has 2 heteroatoms. The number of hydrogen-bond donors (Lipinski definition) is 2. The van der Waals surface area contributed by atoms with Gasteiger partial charge in [0.1, 0.15) is 0 Å². The Hall–Kier alpha value is -0.340. The lowest BCUT2D eigenvalue weighted by atomic mass is 9.98. The molecule has 72 valence electrons. The number of hydrogen-bond acceptors (Lipinski definition) is 2. The van der Waals surface area contributed by atoms with E-state index in [-0.39, 0.29) is 12.7 Å². The normalized spacial score (nSPS) is 15.7. The first kappa shape index (κ1) is 11.7. The lowest BCUT2D eigenvalue weighted by molar-refractivity contribution is 0.183. The van der Waals surface area contributed by atoms with Crippen LogP contribution in [0.2, 0.25) is 0 Å². The second kappa shape index (κ2) is 6.21. The molecule has 0 saturated heterocycles. The van der Waals surface area contributed by atoms with E-state index in [1.165, 1.54) is 0 Å². The van der Waals surface area contributed by atoms with E-state index in [0.717, 1.165) is 24.8 Å². The summed E-state index contributed by atoms with van der Waals surface area (Å²) in [5.41, 5.74) is 0.825. The zero-order valence-corrected chi connectivity index (χ0v) is 8.08. The zero-order chi connectivity index (χ0) is 9.56. The van der Waals surface area contributed by atoms with Crippen LogP contribution in [0.1, 0.15) is 33.1 Å². The van der Waals surface area contributed by atoms with Gasteiger partial charge in [-0.25, -0.2) is 0 Å². The fourth-order valence-corrected chi connectivity index (χ4v) is 1.05. The minimum atomic E-state index is -0.369. The first-order chi connectivity index (χ1) is 5.57. The minimum absolute atomic E-state index is 0.240. The van der Waals surface area contributed by atoms with Gasteiger partial charge in [-0.1, -0.05) is 19.1 Å². The highest BCUT2D eigenvalue weighted by atomic mass is 16.3. The molecule has 0 rings (SSSR count). The molecule has 1 unspecified atom stereocenters. The van der Waals surface area contributed by atoms with Crippen LogP contribution in [0.5, 0.6) is 0 Å². The standard InChI is InChI=1S/C10H20O2/c1-8(2)10(12)5-4-9(3)6-7-11/h9-12H,1,4-7H2,2-3H3/t9-,10?/m1/s1. The molecule has 0 aliphatic rings. The quantitative estimate of drug-likeness (QED) is 0.599. The van der Waals surface area contributed by atoms with E-state index < -0.39 is 0 Å². The molecule has 0 radical (unpaired) electrons. The Morgan fingerprint density at radius 3 is 2.33 bits per heavy atom. The Kier molecular flexibility index (Phi) is 6.03. The van der Waals surface area contributed by atoms with Crippen molar-refractivity contribution in [3.05, 3.63) is 12.2 Å². The molecule has 0 fully saturated rings. The van der Waals surface area contributed by atoms with Crippen molar-refractivity contribution in [1.29, 1.82) is 0 Å². The van der Waals surface area contributed by atoms with E-state index in [1.54, 1.807) is 0 Å². The molecule has 0 saturated carbocycles. The Morgan fingerprint density at radius 2 is 1.92 bits per heavy atom. The average molecular weight is 172 g/mol. The Labute approximate surface area is 74.9 Å². The largest absolute Gasteiger partial charge is 0.396 e. The Morgan fingerprint density at radius 1 is 1.33 bits per heavy atom. The molecule has 0 aliphatic heterocycles. The van der Waals surface area contributed by atoms with Crippen LogP contribution >= 0.6 is 0 Å². The van der Waals surface area contributed by atoms with Crippen LogP contribution in [0, 0.1) is 5.92 Å². The summed E-state index contributed by atoms with van der Waals surface area (Å²) in [4.78, 5) is 0. The molecule has 2 N–H and O–H groups in total. The second-order valence-electron chi connectivity index (χ2n) is 3.56. The third-order valence-corrected chi connectivity index (χ3v) is 2.12. The van der Waals surface area contributed by atoms with Gasteiger partial charge >= 0.3 is 0 Å². The summed E-state index contributed by atoms with van der Waals surface area (Å²) in [6.07, 6.45) is 2.17. The van der Waals surface area contributed by atoms with Gasteiger partial charge in [0, 0.05) is 6.61 Å². The van der Waals surface area contributed by atoms with Gasteiger partial charge in [-0.05, 0) is 32.1 Å². The maximum atomic E-state index is 9.38. The molecule has 0 spiro atoms. The van der Waals surface area contributed by atoms with Crippen molar-refractivity contribution < 1.29 is 10.2 Å². The number of aliphatic hydroxyl groups excluding tert-OH is 2. The van der Waals surface area contributed by atoms with Crippen molar-refractivity contribution in [2.45, 2.75) is 39.2 Å². The second-order valence-corrected chi connectivity index (χ2v) is 3.56. The highest BCUT2D eigenvalue weighted by molar-refractivity contribution is 4.96. The van der Waals surface area contributed by atoms with Crippen molar-refractivity contribution in [2.24, 2.45) is 5.92 Å². The summed E-state index contributed by atoms with van der Waals surface area (Å²) in [5, 5.41) is 18.0. The van der Waals surface area contributed by atoms with Crippen LogP contribution in [-0.2, 0) is 0 Å². The molecule has 0 aromatic rings. The van der Waals surface area contributed by atoms with Crippen molar-refractivity contribution in [3.63, 3.8) is 0 Å². The summed E-state index contributed by atoms with van der Waals surface area (Å²) >= 11 is 0. The molecule has 2 atom stereocenters. The van der Waals surface area contributed by atoms with Gasteiger partial charge in [0.25, 0.3) is 0 Å². The average Bonchev–Trinajstić information content (AvgIpc) is 2.00. The molecular weight excluding hydrogens is 152 g/mol. The van der Waals surface area contributed by atoms with E-state index in [0.29, 0.717) is 5.92 Å². The fraction of sp³-hybridized carbons (Fsp3) is 0.800. The molecule has 2 nitrogen and oxygen atoms in total. The third kappa shape index (κ3) is 5.33. The zero-order valence-electron chi connectivity index (χ0n) is 8.08. The van der Waals surface area contributed by atoms with Crippen LogP contribution in [0.25, 0.3) is 0 Å². The highest BCUT2D eigenvalue weighted by Gasteiger charge is 2.07. The predicted octanol–water partition coefficient (Wildman–Crippen LogP) is 1.72. The van der Waals surface area contributed by atoms with E-state index in [2.05, 4.69) is 13.5 Å². The molecular formula is C10H20O2. The smallest absolute Gasteiger partial charge is 0.0744 e. The topological polar surface area (TPSA) is 40.5 Å². The predicted molar refractivity (Wildman–Crippen MR) is 50.9 cm³/mol. The van der Waals surface area contributed by atoms with Gasteiger partial charge in [-0.2, -0.15) is 0 Å². The van der Waals surface area contributed by atoms with Crippen molar-refractivity contribution in [3.8, 4) is 0 Å². The maximum Gasteiger partial charge on any atom is 0.0744 e. The Balaban J connectivity index is 3.46. The SMILES string of the molecule is C=C(C)C(O)CC[C@@H](C)CCO. The van der Waals surface area contributed by atoms with Crippen LogP contribution in [0.15, 0.2) is 12.2 Å². The monoisotopic (exact) mass is 172 g/mol. The maximum absolute atomic E-state index is 9.38. The fourth-order valence-electron chi connectivity index (χ4n) is 1.05. The van der Waals surface area contributed by atoms with Crippen LogP contribution in [0.4, 0.5) is 0 Å². The summed E-state index contributed by atoms with van der Waals surface area (Å²) in [6, 6.07) is 0. The van der Waals surface area contributed by atoms with E-state index in [9.17, 15) is 5.11 Å². The molecule has 0 amide bonds. The van der Waals surface area contributed by atoms with Crippen LogP contribution < -0.4 is 0 Å². The molecule has 12 heavy (non-hydrogen) atoms. The lowest BCUT2D eigenvalue weighted by Gasteiger charge is -2.13. The number of rotatable bonds is 6.